The largest absolute Gasteiger partial charge is 0.506 e. The highest BCUT2D eigenvalue weighted by Gasteiger charge is 2.43. The molecule has 1 aliphatic heterocycles. The molecule has 0 fully saturated rings. The van der Waals surface area contributed by atoms with Crippen LogP contribution in [0, 0.1) is 0 Å². The number of benzene rings is 1. The number of phenols is 1. The molecule has 1 aromatic rings. The highest BCUT2D eigenvalue weighted by Crippen LogP contribution is 2.49. The Morgan fingerprint density at radius 1 is 0.857 bits per heavy atom. The van der Waals surface area contributed by atoms with E-state index in [2.05, 4.69) is 47.6 Å². The average molecular weight is 507 g/mol. The van der Waals surface area contributed by atoms with Crippen molar-refractivity contribution >= 4 is 9.84 Å². The fraction of sp³-hybridized carbons (Fsp3) is 0.806. The quantitative estimate of drug-likeness (QED) is 0.357. The Labute approximate surface area is 217 Å². The molecular formula is C31H54O3S. The molecule has 0 saturated carbocycles. The molecule has 4 heteroatoms. The Bertz CT molecular complexity index is 912. The van der Waals surface area contributed by atoms with Crippen molar-refractivity contribution in [2.75, 3.05) is 0 Å². The van der Waals surface area contributed by atoms with Crippen molar-refractivity contribution in [2.24, 2.45) is 0 Å². The third-order valence-electron chi connectivity index (χ3n) is 8.81. The van der Waals surface area contributed by atoms with E-state index in [1.807, 2.05) is 13.0 Å². The van der Waals surface area contributed by atoms with Gasteiger partial charge in [0, 0.05) is 5.56 Å². The van der Waals surface area contributed by atoms with E-state index in [0.29, 0.717) is 12.8 Å². The van der Waals surface area contributed by atoms with Gasteiger partial charge in [0.1, 0.15) is 10.6 Å². The van der Waals surface area contributed by atoms with Crippen molar-refractivity contribution in [3.8, 4) is 5.75 Å². The van der Waals surface area contributed by atoms with Crippen LogP contribution in [0.3, 0.4) is 0 Å². The first-order chi connectivity index (χ1) is 16.4. The first-order valence-corrected chi connectivity index (χ1v) is 16.0. The van der Waals surface area contributed by atoms with E-state index in [1.54, 1.807) is 0 Å². The molecule has 0 radical (unpaired) electrons. The van der Waals surface area contributed by atoms with Crippen LogP contribution in [0.1, 0.15) is 156 Å². The number of unbranched alkanes of at least 4 members (excludes halogenated alkanes) is 3. The molecule has 0 aliphatic carbocycles. The summed E-state index contributed by atoms with van der Waals surface area (Å²) in [7, 11) is -3.72. The van der Waals surface area contributed by atoms with E-state index in [1.165, 1.54) is 6.42 Å². The zero-order valence-electron chi connectivity index (χ0n) is 23.9. The second-order valence-corrected chi connectivity index (χ2v) is 15.0. The van der Waals surface area contributed by atoms with Crippen molar-refractivity contribution in [1.82, 2.24) is 0 Å². The van der Waals surface area contributed by atoms with E-state index in [4.69, 9.17) is 0 Å². The number of fused-ring (bicyclic) bond motifs is 2. The molecule has 202 valence electrons. The molecule has 0 aromatic heterocycles. The number of sulfone groups is 1. The summed E-state index contributed by atoms with van der Waals surface area (Å²) in [6.45, 7) is 15.0. The van der Waals surface area contributed by atoms with Gasteiger partial charge in [-0.2, -0.15) is 0 Å². The van der Waals surface area contributed by atoms with Crippen molar-refractivity contribution in [1.29, 1.82) is 0 Å². The van der Waals surface area contributed by atoms with Crippen LogP contribution < -0.4 is 0 Å². The minimum absolute atomic E-state index is 0.0388. The lowest BCUT2D eigenvalue weighted by Crippen LogP contribution is -2.36. The van der Waals surface area contributed by atoms with Crippen LogP contribution >= 0.6 is 0 Å². The van der Waals surface area contributed by atoms with Gasteiger partial charge in [-0.05, 0) is 61.5 Å². The third kappa shape index (κ3) is 6.84. The van der Waals surface area contributed by atoms with Gasteiger partial charge in [0.15, 0.2) is 9.84 Å². The smallest absolute Gasteiger partial charge is 0.187 e. The molecular weight excluding hydrogens is 452 g/mol. The van der Waals surface area contributed by atoms with Crippen molar-refractivity contribution in [3.63, 3.8) is 0 Å². The van der Waals surface area contributed by atoms with Gasteiger partial charge in [0.2, 0.25) is 0 Å². The second-order valence-electron chi connectivity index (χ2n) is 12.5. The highest BCUT2D eigenvalue weighted by atomic mass is 32.2. The van der Waals surface area contributed by atoms with Crippen molar-refractivity contribution in [3.05, 3.63) is 23.3 Å². The van der Waals surface area contributed by atoms with E-state index in [0.717, 1.165) is 88.2 Å². The number of rotatable bonds is 8. The minimum atomic E-state index is -3.72. The number of hydrogen-bond donors (Lipinski definition) is 1. The zero-order valence-corrected chi connectivity index (χ0v) is 24.7. The van der Waals surface area contributed by atoms with E-state index >= 15 is 0 Å². The standard InChI is InChI=1S/C31H54O3S/c1-8-11-16-19-30(7)20-17-14-13-15-18-22-31(10-3,21-12-9-2)26-23-25(29(4,5)6)24-27(28(26)32)35(30,33)34/h23-24,32H,8-22H2,1-7H3. The Hall–Kier alpha value is -1.03. The monoisotopic (exact) mass is 506 g/mol. The Balaban J connectivity index is 2.86. The average Bonchev–Trinajstić information content (AvgIpc) is 2.79. The molecule has 35 heavy (non-hydrogen) atoms. The topological polar surface area (TPSA) is 54.4 Å². The van der Waals surface area contributed by atoms with Crippen molar-refractivity contribution < 1.29 is 13.5 Å². The fourth-order valence-corrected chi connectivity index (χ4v) is 8.01. The minimum Gasteiger partial charge on any atom is -0.506 e. The Morgan fingerprint density at radius 3 is 2.03 bits per heavy atom. The van der Waals surface area contributed by atoms with Gasteiger partial charge in [-0.3, -0.25) is 0 Å². The molecule has 2 unspecified atom stereocenters. The molecule has 1 aromatic carbocycles. The molecule has 1 aliphatic rings. The summed E-state index contributed by atoms with van der Waals surface area (Å²) >= 11 is 0. The Morgan fingerprint density at radius 2 is 1.46 bits per heavy atom. The maximum Gasteiger partial charge on any atom is 0.187 e. The molecule has 2 atom stereocenters. The van der Waals surface area contributed by atoms with Crippen LogP contribution in [-0.2, 0) is 20.7 Å². The molecule has 1 heterocycles. The molecule has 3 nitrogen and oxygen atoms in total. The maximum atomic E-state index is 14.5. The normalized spacial score (nSPS) is 25.9. The SMILES string of the molecule is CCCCCC1(C)CCCCCCCC(CC)(CCCC)c2cc(C(C)(C)C)cc(c2O)S1(=O)=O. The summed E-state index contributed by atoms with van der Waals surface area (Å²) in [5.41, 5.74) is 1.51. The van der Waals surface area contributed by atoms with Crippen LogP contribution in [0.15, 0.2) is 17.0 Å². The van der Waals surface area contributed by atoms with Gasteiger partial charge in [-0.15, -0.1) is 0 Å². The second kappa shape index (κ2) is 12.5. The predicted octanol–water partition coefficient (Wildman–Crippen LogP) is 9.38. The first-order valence-electron chi connectivity index (χ1n) is 14.5. The maximum absolute atomic E-state index is 14.5. The summed E-state index contributed by atoms with van der Waals surface area (Å²) in [5.74, 6) is 0.0388. The summed E-state index contributed by atoms with van der Waals surface area (Å²) < 4.78 is 28.1. The van der Waals surface area contributed by atoms with Gasteiger partial charge in [-0.25, -0.2) is 8.42 Å². The first kappa shape index (κ1) is 30.2. The predicted molar refractivity (Wildman–Crippen MR) is 150 cm³/mol. The molecule has 0 saturated heterocycles. The van der Waals surface area contributed by atoms with Crippen LogP contribution in [0.2, 0.25) is 0 Å². The molecule has 2 bridgehead atoms. The molecule has 2 rings (SSSR count). The molecule has 0 spiro atoms. The van der Waals surface area contributed by atoms with E-state index in [9.17, 15) is 13.5 Å². The molecule has 0 amide bonds. The zero-order chi connectivity index (χ0) is 26.3. The number of phenolic OH excluding ortho intramolecular Hbond substituents is 1. The summed E-state index contributed by atoms with van der Waals surface area (Å²) in [5, 5.41) is 11.8. The Kier molecular flexibility index (Phi) is 10.8. The van der Waals surface area contributed by atoms with Crippen LogP contribution in [-0.4, -0.2) is 18.3 Å². The van der Waals surface area contributed by atoms with E-state index < -0.39 is 14.6 Å². The van der Waals surface area contributed by atoms with Gasteiger partial charge in [-0.1, -0.05) is 112 Å². The summed E-state index contributed by atoms with van der Waals surface area (Å²) in [6, 6.07) is 3.97. The molecule has 1 N–H and O–H groups in total. The van der Waals surface area contributed by atoms with Gasteiger partial charge < -0.3 is 5.11 Å². The number of hydrogen-bond acceptors (Lipinski definition) is 3. The number of aromatic hydroxyl groups is 1. The van der Waals surface area contributed by atoms with Crippen LogP contribution in [0.4, 0.5) is 0 Å². The highest BCUT2D eigenvalue weighted by molar-refractivity contribution is 7.93. The van der Waals surface area contributed by atoms with E-state index in [-0.39, 0.29) is 21.5 Å². The van der Waals surface area contributed by atoms with Crippen LogP contribution in [0.25, 0.3) is 0 Å². The van der Waals surface area contributed by atoms with Gasteiger partial charge in [0.25, 0.3) is 0 Å². The van der Waals surface area contributed by atoms with Gasteiger partial charge in [0.05, 0.1) is 4.75 Å². The lowest BCUT2D eigenvalue weighted by molar-refractivity contribution is 0.309. The summed E-state index contributed by atoms with van der Waals surface area (Å²) in [4.78, 5) is 0.187. The third-order valence-corrected chi connectivity index (χ3v) is 11.4. The van der Waals surface area contributed by atoms with Crippen LogP contribution in [0.5, 0.6) is 5.75 Å². The lowest BCUT2D eigenvalue weighted by atomic mass is 9.69. The fourth-order valence-electron chi connectivity index (χ4n) is 6.00. The van der Waals surface area contributed by atoms with Gasteiger partial charge >= 0.3 is 0 Å². The summed E-state index contributed by atoms with van der Waals surface area (Å²) in [6.07, 6.45) is 15.0. The van der Waals surface area contributed by atoms with Crippen molar-refractivity contribution in [2.45, 2.75) is 165 Å². The lowest BCUT2D eigenvalue weighted by Gasteiger charge is -2.37.